The van der Waals surface area contributed by atoms with E-state index in [4.69, 9.17) is 4.74 Å². The largest absolute Gasteiger partial charge is 0.508 e. The van der Waals surface area contributed by atoms with Gasteiger partial charge in [0.05, 0.1) is 27.6 Å². The minimum atomic E-state index is -4.05. The Morgan fingerprint density at radius 1 is 0.820 bits per heavy atom. The lowest BCUT2D eigenvalue weighted by Gasteiger charge is -2.29. The standard InChI is InChI=1S/C35H32N2O12S/c1-19-7-13-23(14-8-19)50(47,48)37-15-3-6-29(25(18-37)36-33(43)20-9-11-22(38)12-10-20)49-35(46)21-16-27(40)31(28(41)17-21)32(42)30-24(34(44)45)4-2-5-26(30)39/h2,4-5,7-14,16-17,25,29,38-41H,3,6,15,18H2,1H3,(H,36,43)(H,44,45)/t25-,29+/m0/s1. The summed E-state index contributed by atoms with van der Waals surface area (Å²) in [6.07, 6.45) is -0.816. The molecule has 4 aromatic carbocycles. The Kier molecular flexibility index (Phi) is 10.1. The number of carboxylic acid groups (broad SMARTS) is 1. The molecule has 4 aromatic rings. The van der Waals surface area contributed by atoms with Crippen molar-refractivity contribution in [3.63, 3.8) is 0 Å². The van der Waals surface area contributed by atoms with E-state index in [9.17, 15) is 53.1 Å². The number of amides is 1. The number of carbonyl (C=O) groups excluding carboxylic acids is 3. The number of benzene rings is 4. The summed E-state index contributed by atoms with van der Waals surface area (Å²) in [5.74, 6) is -7.18. The van der Waals surface area contributed by atoms with E-state index < -0.39 is 85.3 Å². The molecule has 1 amide bonds. The maximum atomic E-state index is 13.6. The smallest absolute Gasteiger partial charge is 0.338 e. The third-order valence-electron chi connectivity index (χ3n) is 8.17. The highest BCUT2D eigenvalue weighted by Gasteiger charge is 2.37. The Morgan fingerprint density at radius 2 is 1.46 bits per heavy atom. The van der Waals surface area contributed by atoms with Crippen LogP contribution in [0.4, 0.5) is 0 Å². The molecule has 1 saturated heterocycles. The molecule has 1 aliphatic rings. The van der Waals surface area contributed by atoms with E-state index in [-0.39, 0.29) is 42.1 Å². The van der Waals surface area contributed by atoms with Crippen LogP contribution in [0.3, 0.4) is 0 Å². The predicted molar refractivity (Wildman–Crippen MR) is 176 cm³/mol. The number of carbonyl (C=O) groups is 4. The summed E-state index contributed by atoms with van der Waals surface area (Å²) in [4.78, 5) is 51.6. The molecule has 0 spiro atoms. The lowest BCUT2D eigenvalue weighted by Crippen LogP contribution is -2.51. The molecular weight excluding hydrogens is 672 g/mol. The van der Waals surface area contributed by atoms with E-state index >= 15 is 0 Å². The normalized spacial score (nSPS) is 16.6. The summed E-state index contributed by atoms with van der Waals surface area (Å²) in [7, 11) is -4.05. The van der Waals surface area contributed by atoms with E-state index in [2.05, 4.69) is 5.32 Å². The molecule has 0 radical (unpaired) electrons. The Bertz CT molecular complexity index is 2060. The molecule has 0 saturated carbocycles. The maximum Gasteiger partial charge on any atom is 0.338 e. The number of nitrogens with one attached hydrogen (secondary N) is 1. The Labute approximate surface area is 285 Å². The molecule has 0 unspecified atom stereocenters. The fourth-order valence-electron chi connectivity index (χ4n) is 5.57. The molecule has 50 heavy (non-hydrogen) atoms. The van der Waals surface area contributed by atoms with Crippen molar-refractivity contribution in [2.45, 2.75) is 36.8 Å². The number of nitrogens with zero attached hydrogens (tertiary/aromatic N) is 1. The predicted octanol–water partition coefficient (Wildman–Crippen LogP) is 3.56. The Balaban J connectivity index is 1.44. The third kappa shape index (κ3) is 7.38. The lowest BCUT2D eigenvalue weighted by molar-refractivity contribution is 0.0184. The van der Waals surface area contributed by atoms with E-state index in [0.29, 0.717) is 0 Å². The van der Waals surface area contributed by atoms with Crippen LogP contribution in [0.15, 0.2) is 83.8 Å². The second-order valence-corrected chi connectivity index (χ2v) is 13.6. The number of hydrogen-bond acceptors (Lipinski definition) is 11. The summed E-state index contributed by atoms with van der Waals surface area (Å²) < 4.78 is 34.2. The Morgan fingerprint density at radius 3 is 2.08 bits per heavy atom. The van der Waals surface area contributed by atoms with Crippen LogP contribution < -0.4 is 5.32 Å². The number of ether oxygens (including phenoxy) is 1. The van der Waals surface area contributed by atoms with Gasteiger partial charge in [-0.1, -0.05) is 23.8 Å². The first-order valence-corrected chi connectivity index (χ1v) is 16.6. The van der Waals surface area contributed by atoms with Crippen molar-refractivity contribution in [2.24, 2.45) is 0 Å². The van der Waals surface area contributed by atoms with Crippen molar-refractivity contribution in [2.75, 3.05) is 13.1 Å². The Hall–Kier alpha value is -5.93. The molecule has 260 valence electrons. The zero-order chi connectivity index (χ0) is 36.3. The number of aromatic carboxylic acids is 1. The van der Waals surface area contributed by atoms with Crippen LogP contribution in [0.1, 0.15) is 65.4 Å². The molecule has 1 heterocycles. The number of aromatic hydroxyl groups is 4. The molecule has 15 heteroatoms. The van der Waals surface area contributed by atoms with Crippen molar-refractivity contribution >= 4 is 33.7 Å². The van der Waals surface area contributed by atoms with Gasteiger partial charge in [-0.25, -0.2) is 18.0 Å². The molecule has 14 nitrogen and oxygen atoms in total. The highest BCUT2D eigenvalue weighted by molar-refractivity contribution is 7.89. The number of phenols is 4. The van der Waals surface area contributed by atoms with E-state index in [1.54, 1.807) is 12.1 Å². The van der Waals surface area contributed by atoms with Crippen LogP contribution in [0.2, 0.25) is 0 Å². The van der Waals surface area contributed by atoms with Crippen LogP contribution in [0.25, 0.3) is 0 Å². The zero-order valence-corrected chi connectivity index (χ0v) is 27.3. The number of ketones is 1. The van der Waals surface area contributed by atoms with Crippen LogP contribution in [0.5, 0.6) is 23.0 Å². The topological polar surface area (TPSA) is 228 Å². The first-order chi connectivity index (χ1) is 23.7. The van der Waals surface area contributed by atoms with Crippen LogP contribution >= 0.6 is 0 Å². The lowest BCUT2D eigenvalue weighted by atomic mass is 9.95. The second-order valence-electron chi connectivity index (χ2n) is 11.6. The molecule has 1 fully saturated rings. The molecule has 2 atom stereocenters. The van der Waals surface area contributed by atoms with E-state index in [1.165, 1.54) is 46.8 Å². The number of aryl methyl sites for hydroxylation is 1. The maximum absolute atomic E-state index is 13.6. The first-order valence-electron chi connectivity index (χ1n) is 15.2. The van der Waals surface area contributed by atoms with Gasteiger partial charge in [0, 0.05) is 18.7 Å². The van der Waals surface area contributed by atoms with Crippen molar-refractivity contribution in [3.05, 3.63) is 112 Å². The number of carboxylic acids is 1. The van der Waals surface area contributed by atoms with E-state index in [0.717, 1.165) is 29.8 Å². The summed E-state index contributed by atoms with van der Waals surface area (Å²) in [6.45, 7) is 1.54. The van der Waals surface area contributed by atoms with E-state index in [1.807, 2.05) is 6.92 Å². The van der Waals surface area contributed by atoms with Gasteiger partial charge in [0.2, 0.25) is 15.8 Å². The zero-order valence-electron chi connectivity index (χ0n) is 26.4. The number of sulfonamides is 1. The highest BCUT2D eigenvalue weighted by Crippen LogP contribution is 2.35. The average molecular weight is 705 g/mol. The molecule has 6 N–H and O–H groups in total. The van der Waals surface area contributed by atoms with Gasteiger partial charge in [-0.05, 0) is 80.4 Å². The minimum absolute atomic E-state index is 0.0267. The van der Waals surface area contributed by atoms with Gasteiger partial charge >= 0.3 is 11.9 Å². The van der Waals surface area contributed by atoms with Gasteiger partial charge in [0.25, 0.3) is 5.91 Å². The van der Waals surface area contributed by atoms with Gasteiger partial charge in [-0.2, -0.15) is 4.31 Å². The molecule has 1 aliphatic heterocycles. The summed E-state index contributed by atoms with van der Waals surface area (Å²) in [6, 6.07) is 15.3. The number of esters is 1. The van der Waals surface area contributed by atoms with Crippen LogP contribution in [0, 0.1) is 6.92 Å². The molecule has 5 rings (SSSR count). The monoisotopic (exact) mass is 704 g/mol. The van der Waals surface area contributed by atoms with Gasteiger partial charge in [0.15, 0.2) is 0 Å². The van der Waals surface area contributed by atoms with Crippen LogP contribution in [-0.4, -0.2) is 87.1 Å². The quantitative estimate of drug-likeness (QED) is 0.109. The van der Waals surface area contributed by atoms with Crippen LogP contribution in [-0.2, 0) is 14.8 Å². The molecule has 0 aromatic heterocycles. The minimum Gasteiger partial charge on any atom is -0.508 e. The molecule has 0 bridgehead atoms. The van der Waals surface area contributed by atoms with Gasteiger partial charge < -0.3 is 35.6 Å². The van der Waals surface area contributed by atoms with Crippen molar-refractivity contribution in [3.8, 4) is 23.0 Å². The second kappa shape index (κ2) is 14.3. The number of phenolic OH excluding ortho intramolecular Hbond substituents is 4. The molecular formula is C35H32N2O12S. The fourth-order valence-corrected chi connectivity index (χ4v) is 7.07. The van der Waals surface area contributed by atoms with Crippen molar-refractivity contribution in [1.82, 2.24) is 9.62 Å². The summed E-state index contributed by atoms with van der Waals surface area (Å²) in [5, 5.41) is 53.5. The van der Waals surface area contributed by atoms with Gasteiger partial charge in [-0.15, -0.1) is 0 Å². The SMILES string of the molecule is Cc1ccc(S(=O)(=O)N2CCC[C@@H](OC(=O)c3cc(O)c(C(=O)c4c(O)cccc4C(=O)O)c(O)c3)[C@@H](NC(=O)c3ccc(O)cc3)C2)cc1. The fraction of sp³-hybridized carbons (Fsp3) is 0.200. The van der Waals surface area contributed by atoms with Crippen molar-refractivity contribution in [1.29, 1.82) is 0 Å². The average Bonchev–Trinajstić information content (AvgIpc) is 3.26. The van der Waals surface area contributed by atoms with Crippen molar-refractivity contribution < 1.29 is 57.9 Å². The first kappa shape index (κ1) is 35.4. The number of hydrogen-bond donors (Lipinski definition) is 6. The number of rotatable bonds is 9. The van der Waals surface area contributed by atoms with Gasteiger partial charge in [0.1, 0.15) is 34.7 Å². The van der Waals surface area contributed by atoms with Gasteiger partial charge in [-0.3, -0.25) is 9.59 Å². The summed E-state index contributed by atoms with van der Waals surface area (Å²) in [5.41, 5.74) is -1.51. The molecule has 0 aliphatic carbocycles. The summed E-state index contributed by atoms with van der Waals surface area (Å²) >= 11 is 0. The highest BCUT2D eigenvalue weighted by atomic mass is 32.2. The third-order valence-corrected chi connectivity index (χ3v) is 10.0.